The van der Waals surface area contributed by atoms with E-state index in [1.165, 1.54) is 39.5 Å². The molecule has 2 aromatic carbocycles. The Morgan fingerprint density at radius 2 is 1.48 bits per heavy atom. The number of pyridine rings is 2. The molecule has 0 fully saturated rings. The highest BCUT2D eigenvalue weighted by molar-refractivity contribution is 7.89. The van der Waals surface area contributed by atoms with Gasteiger partial charge >= 0.3 is 23.9 Å². The van der Waals surface area contributed by atoms with Crippen LogP contribution in [0.5, 0.6) is 11.8 Å². The van der Waals surface area contributed by atoms with Crippen LogP contribution in [0.1, 0.15) is 42.3 Å². The first kappa shape index (κ1) is 44.7. The van der Waals surface area contributed by atoms with Gasteiger partial charge in [0.05, 0.1) is 60.0 Å². The summed E-state index contributed by atoms with van der Waals surface area (Å²) in [4.78, 5) is 60.6. The van der Waals surface area contributed by atoms with Crippen molar-refractivity contribution in [2.24, 2.45) is 0 Å². The smallest absolute Gasteiger partial charge is 0.356 e. The molecule has 18 nitrogen and oxygen atoms in total. The van der Waals surface area contributed by atoms with Crippen molar-refractivity contribution in [1.82, 2.24) is 24.7 Å². The average Bonchev–Trinajstić information content (AvgIpc) is 3.14. The van der Waals surface area contributed by atoms with Crippen LogP contribution in [-0.2, 0) is 20.5 Å². The molecule has 2 amide bonds. The quantitative estimate of drug-likeness (QED) is 0.0821. The molecule has 6 N–H and O–H groups in total. The first-order valence-electron chi connectivity index (χ1n) is 15.1. The SMILES string of the molecule is COC(=O)c1ccccc1CS(=O)(=O)NC(=O)Nc1nc(OC)cc(OC)n1.Cc1cnc2c(C(=O)O)c(Cl)ccc2c1.Nc1c(Cl)c(Cl)nc(C(=O)O)c1Cl. The maximum Gasteiger partial charge on any atom is 0.356 e. The number of halogens is 4. The Kier molecular flexibility index (Phi) is 15.7. The Labute approximate surface area is 337 Å². The van der Waals surface area contributed by atoms with Crippen LogP contribution in [0.25, 0.3) is 10.9 Å². The second-order valence-corrected chi connectivity index (χ2v) is 13.9. The predicted molar refractivity (Wildman–Crippen MR) is 207 cm³/mol. The molecule has 0 saturated carbocycles. The Hall–Kier alpha value is -5.73. The number of fused-ring (bicyclic) bond motifs is 1. The molecule has 0 saturated heterocycles. The van der Waals surface area contributed by atoms with Crippen LogP contribution in [0, 0.1) is 6.92 Å². The molecule has 0 atom stereocenters. The molecule has 3 aromatic heterocycles. The lowest BCUT2D eigenvalue weighted by Gasteiger charge is -2.11. The molecule has 5 aromatic rings. The van der Waals surface area contributed by atoms with Crippen molar-refractivity contribution in [3.05, 3.63) is 103 Å². The molecular formula is C33H29Cl4N7O11S. The number of urea groups is 1. The van der Waals surface area contributed by atoms with Gasteiger partial charge in [0.1, 0.15) is 10.6 Å². The number of benzene rings is 2. The number of ether oxygens (including phenoxy) is 3. The van der Waals surface area contributed by atoms with Gasteiger partial charge < -0.3 is 30.2 Å². The fourth-order valence-electron chi connectivity index (χ4n) is 4.30. The fourth-order valence-corrected chi connectivity index (χ4v) is 6.19. The van der Waals surface area contributed by atoms with Crippen molar-refractivity contribution in [2.45, 2.75) is 12.7 Å². The van der Waals surface area contributed by atoms with Gasteiger partial charge in [-0.25, -0.2) is 37.3 Å². The fraction of sp³-hybridized carbons (Fsp3) is 0.152. The lowest BCUT2D eigenvalue weighted by molar-refractivity contribution is 0.0598. The highest BCUT2D eigenvalue weighted by atomic mass is 35.5. The van der Waals surface area contributed by atoms with Gasteiger partial charge in [0.15, 0.2) is 10.8 Å². The van der Waals surface area contributed by atoms with Crippen LogP contribution < -0.4 is 25.2 Å². The van der Waals surface area contributed by atoms with Crippen LogP contribution in [0.4, 0.5) is 16.4 Å². The van der Waals surface area contributed by atoms with E-state index in [4.69, 9.17) is 71.8 Å². The molecule has 0 spiro atoms. The lowest BCUT2D eigenvalue weighted by Crippen LogP contribution is -2.36. The number of nitrogen functional groups attached to an aromatic ring is 1. The second kappa shape index (κ2) is 19.7. The molecule has 0 bridgehead atoms. The summed E-state index contributed by atoms with van der Waals surface area (Å²) >= 11 is 22.4. The largest absolute Gasteiger partial charge is 0.481 e. The van der Waals surface area contributed by atoms with E-state index in [-0.39, 0.29) is 60.3 Å². The number of carboxylic acids is 2. The number of anilines is 2. The number of hydrogen-bond donors (Lipinski definition) is 5. The number of carboxylic acid groups (broad SMARTS) is 2. The van der Waals surface area contributed by atoms with Crippen LogP contribution >= 0.6 is 46.4 Å². The molecule has 0 aliphatic rings. The van der Waals surface area contributed by atoms with Crippen molar-refractivity contribution in [3.8, 4) is 11.8 Å². The zero-order chi connectivity index (χ0) is 41.9. The van der Waals surface area contributed by atoms with Gasteiger partial charge in [-0.15, -0.1) is 0 Å². The number of carbonyl (C=O) groups excluding carboxylic acids is 2. The minimum Gasteiger partial charge on any atom is -0.481 e. The number of rotatable bonds is 9. The van der Waals surface area contributed by atoms with Crippen molar-refractivity contribution in [2.75, 3.05) is 32.4 Å². The van der Waals surface area contributed by atoms with Gasteiger partial charge in [-0.05, 0) is 36.2 Å². The number of nitrogens with zero attached hydrogens (tertiary/aromatic N) is 4. The number of nitrogens with one attached hydrogen (secondary N) is 2. The third kappa shape index (κ3) is 11.9. The molecular weight excluding hydrogens is 844 g/mol. The lowest BCUT2D eigenvalue weighted by atomic mass is 10.1. The van der Waals surface area contributed by atoms with Crippen molar-refractivity contribution >= 4 is 103 Å². The van der Waals surface area contributed by atoms with Crippen molar-refractivity contribution < 1.29 is 52.0 Å². The number of methoxy groups -OCH3 is 3. The standard InChI is InChI=1S/C16H18N4O7S.C11H8ClNO2.C6H3Cl3N2O2/c1-25-12-8-13(26-2)18-15(17-12)19-16(22)20-28(23,24)9-10-6-4-5-7-11(10)14(21)27-3;1-6-4-7-2-3-8(12)9(11(14)15)10(7)13-5-6;7-1-3(10)2(8)5(9)11-4(1)6(12)13/h4-8H,9H2,1-3H3,(H2,17,18,19,20,22);2-5H,1H3,(H,14,15);(H2,10,11)(H,12,13). The summed E-state index contributed by atoms with van der Waals surface area (Å²) < 4.78 is 40.9. The minimum atomic E-state index is -4.14. The maximum atomic E-state index is 12.3. The number of sulfonamides is 1. The number of hydrogen-bond acceptors (Lipinski definition) is 14. The topological polar surface area (TPSA) is 272 Å². The predicted octanol–water partition coefficient (Wildman–Crippen LogP) is 6.15. The summed E-state index contributed by atoms with van der Waals surface area (Å²) in [5, 5.41) is 20.4. The summed E-state index contributed by atoms with van der Waals surface area (Å²) in [5.41, 5.74) is 6.62. The van der Waals surface area contributed by atoms with E-state index < -0.39 is 45.4 Å². The van der Waals surface area contributed by atoms with E-state index in [0.29, 0.717) is 5.52 Å². The third-order valence-electron chi connectivity index (χ3n) is 6.77. The summed E-state index contributed by atoms with van der Waals surface area (Å²) in [6.45, 7) is 1.90. The number of amides is 2. The van der Waals surface area contributed by atoms with E-state index in [0.717, 1.165) is 10.9 Å². The number of carbonyl (C=O) groups is 4. The normalized spacial score (nSPS) is 10.5. The first-order valence-corrected chi connectivity index (χ1v) is 18.2. The molecule has 0 aliphatic heterocycles. The molecule has 23 heteroatoms. The molecule has 0 radical (unpaired) electrons. The molecule has 0 unspecified atom stereocenters. The van der Waals surface area contributed by atoms with Gasteiger partial charge in [-0.2, -0.15) is 9.97 Å². The van der Waals surface area contributed by atoms with Gasteiger partial charge in [-0.3, -0.25) is 10.3 Å². The number of aromatic nitrogens is 4. The number of nitrogens with two attached hydrogens (primary N) is 1. The van der Waals surface area contributed by atoms with Gasteiger partial charge in [-0.1, -0.05) is 70.7 Å². The van der Waals surface area contributed by atoms with Gasteiger partial charge in [0, 0.05) is 11.6 Å². The van der Waals surface area contributed by atoms with E-state index in [9.17, 15) is 27.6 Å². The zero-order valence-corrected chi connectivity index (χ0v) is 33.1. The van der Waals surface area contributed by atoms with E-state index in [1.54, 1.807) is 30.5 Å². The van der Waals surface area contributed by atoms with Crippen LogP contribution in [0.3, 0.4) is 0 Å². The highest BCUT2D eigenvalue weighted by Crippen LogP contribution is 2.34. The molecule has 0 aliphatic carbocycles. The second-order valence-electron chi connectivity index (χ2n) is 10.7. The third-order valence-corrected chi connectivity index (χ3v) is 9.40. The minimum absolute atomic E-state index is 0.0448. The van der Waals surface area contributed by atoms with E-state index in [2.05, 4.69) is 30.0 Å². The van der Waals surface area contributed by atoms with Gasteiger partial charge in [0.2, 0.25) is 27.7 Å². The molecule has 56 heavy (non-hydrogen) atoms. The van der Waals surface area contributed by atoms with Crippen LogP contribution in [0.15, 0.2) is 54.7 Å². The molecule has 5 rings (SSSR count). The Morgan fingerprint density at radius 3 is 2.05 bits per heavy atom. The number of esters is 1. The Balaban J connectivity index is 0.000000251. The Morgan fingerprint density at radius 1 is 0.857 bits per heavy atom. The van der Waals surface area contributed by atoms with Gasteiger partial charge in [0.25, 0.3) is 0 Å². The van der Waals surface area contributed by atoms with E-state index in [1.807, 2.05) is 17.7 Å². The van der Waals surface area contributed by atoms with Crippen molar-refractivity contribution in [3.63, 3.8) is 0 Å². The summed E-state index contributed by atoms with van der Waals surface area (Å²) in [6.07, 6.45) is 1.63. The molecule has 296 valence electrons. The summed E-state index contributed by atoms with van der Waals surface area (Å²) in [6, 6.07) is 11.5. The maximum absolute atomic E-state index is 12.3. The number of aryl methyl sites for hydroxylation is 1. The van der Waals surface area contributed by atoms with Crippen LogP contribution in [-0.4, -0.2) is 83.8 Å². The number of aromatic carboxylic acids is 2. The van der Waals surface area contributed by atoms with Crippen molar-refractivity contribution in [1.29, 1.82) is 0 Å². The highest BCUT2D eigenvalue weighted by Gasteiger charge is 2.22. The first-order chi connectivity index (χ1) is 26.3. The summed E-state index contributed by atoms with van der Waals surface area (Å²) in [5.74, 6) is -3.68. The Bertz CT molecular complexity index is 2400. The zero-order valence-electron chi connectivity index (χ0n) is 29.3. The average molecular weight is 874 g/mol. The van der Waals surface area contributed by atoms with Crippen LogP contribution in [0.2, 0.25) is 20.2 Å². The monoisotopic (exact) mass is 871 g/mol. The molecule has 3 heterocycles. The summed E-state index contributed by atoms with van der Waals surface area (Å²) in [7, 11) is -0.243. The van der Waals surface area contributed by atoms with E-state index >= 15 is 0 Å².